The summed E-state index contributed by atoms with van der Waals surface area (Å²) >= 11 is 0. The number of nitrogens with one attached hydrogen (secondary N) is 1. The molecular weight excluding hydrogens is 210 g/mol. The van der Waals surface area contributed by atoms with E-state index in [9.17, 15) is 15.0 Å². The Kier molecular flexibility index (Phi) is 4.36. The third kappa shape index (κ3) is 2.99. The van der Waals surface area contributed by atoms with Crippen molar-refractivity contribution in [3.8, 4) is 0 Å². The van der Waals surface area contributed by atoms with Crippen LogP contribution in [-0.2, 0) is 0 Å². The molecule has 1 aromatic rings. The number of aliphatic hydroxyl groups excluding tert-OH is 2. The van der Waals surface area contributed by atoms with Crippen molar-refractivity contribution in [2.24, 2.45) is 5.73 Å². The summed E-state index contributed by atoms with van der Waals surface area (Å²) in [4.78, 5) is 14.7. The Morgan fingerprint density at radius 1 is 1.56 bits per heavy atom. The molecule has 88 valence electrons. The van der Waals surface area contributed by atoms with E-state index in [-0.39, 0.29) is 12.1 Å². The molecule has 1 rings (SSSR count). The Bertz CT molecular complexity index is 370. The van der Waals surface area contributed by atoms with Crippen LogP contribution in [0.5, 0.6) is 0 Å². The highest BCUT2D eigenvalue weighted by atomic mass is 16.3. The van der Waals surface area contributed by atoms with Gasteiger partial charge in [0.05, 0.1) is 11.7 Å². The average molecular weight is 225 g/mol. The molecule has 2 unspecified atom stereocenters. The molecule has 2 atom stereocenters. The van der Waals surface area contributed by atoms with Gasteiger partial charge in [-0.1, -0.05) is 0 Å². The number of nitrogens with zero attached hydrogens (tertiary/aromatic N) is 1. The summed E-state index contributed by atoms with van der Waals surface area (Å²) in [5.41, 5.74) is 5.64. The minimum atomic E-state index is -1.10. The van der Waals surface area contributed by atoms with E-state index in [2.05, 4.69) is 10.3 Å². The predicted molar refractivity (Wildman–Crippen MR) is 57.6 cm³/mol. The fraction of sp³-hybridized carbons (Fsp3) is 0.400. The standard InChI is InChI=1S/C10H15N3O3/c1-12-5-8(14)9(15)6-2-7(10(11)16)4-13-3-6/h2-4,8-9,12,14-15H,5H2,1H3,(H2,11,16). The summed E-state index contributed by atoms with van der Waals surface area (Å²) in [5.74, 6) is -0.621. The van der Waals surface area contributed by atoms with Crippen molar-refractivity contribution in [1.82, 2.24) is 10.3 Å². The van der Waals surface area contributed by atoms with Crippen LogP contribution in [0.25, 0.3) is 0 Å². The number of hydrogen-bond donors (Lipinski definition) is 4. The molecule has 5 N–H and O–H groups in total. The Balaban J connectivity index is 2.86. The maximum atomic E-state index is 10.9. The van der Waals surface area contributed by atoms with E-state index in [1.54, 1.807) is 7.05 Å². The summed E-state index contributed by atoms with van der Waals surface area (Å²) in [5, 5.41) is 22.0. The summed E-state index contributed by atoms with van der Waals surface area (Å²) < 4.78 is 0. The smallest absolute Gasteiger partial charge is 0.250 e. The van der Waals surface area contributed by atoms with Crippen LogP contribution in [0.4, 0.5) is 0 Å². The molecule has 1 amide bonds. The number of pyridine rings is 1. The number of amides is 1. The molecule has 1 aromatic heterocycles. The van der Waals surface area contributed by atoms with Crippen LogP contribution in [0.15, 0.2) is 18.5 Å². The third-order valence-corrected chi connectivity index (χ3v) is 2.16. The van der Waals surface area contributed by atoms with E-state index in [0.29, 0.717) is 5.56 Å². The first-order chi connectivity index (χ1) is 7.56. The molecule has 0 aliphatic carbocycles. The van der Waals surface area contributed by atoms with E-state index in [1.807, 2.05) is 0 Å². The van der Waals surface area contributed by atoms with Crippen molar-refractivity contribution in [2.45, 2.75) is 12.2 Å². The van der Waals surface area contributed by atoms with Gasteiger partial charge < -0.3 is 21.3 Å². The first kappa shape index (κ1) is 12.6. The number of rotatable bonds is 5. The van der Waals surface area contributed by atoms with Gasteiger partial charge in [0.15, 0.2) is 0 Å². The summed E-state index contributed by atoms with van der Waals surface area (Å²) in [7, 11) is 1.66. The summed E-state index contributed by atoms with van der Waals surface area (Å²) in [6, 6.07) is 1.42. The second kappa shape index (κ2) is 5.55. The quantitative estimate of drug-likeness (QED) is 0.503. The fourth-order valence-corrected chi connectivity index (χ4v) is 1.30. The van der Waals surface area contributed by atoms with Crippen molar-refractivity contribution in [2.75, 3.05) is 13.6 Å². The minimum Gasteiger partial charge on any atom is -0.389 e. The molecular formula is C10H15N3O3. The lowest BCUT2D eigenvalue weighted by molar-refractivity contribution is 0.0200. The Morgan fingerprint density at radius 3 is 2.81 bits per heavy atom. The topological polar surface area (TPSA) is 108 Å². The number of carbonyl (C=O) groups excluding carboxylic acids is 1. The molecule has 6 heteroatoms. The lowest BCUT2D eigenvalue weighted by Gasteiger charge is -2.17. The van der Waals surface area contributed by atoms with E-state index < -0.39 is 18.1 Å². The molecule has 1 heterocycles. The number of likely N-dealkylation sites (N-methyl/N-ethyl adjacent to an activating group) is 1. The van der Waals surface area contributed by atoms with Gasteiger partial charge >= 0.3 is 0 Å². The fourth-order valence-electron chi connectivity index (χ4n) is 1.30. The number of hydrogen-bond acceptors (Lipinski definition) is 5. The zero-order chi connectivity index (χ0) is 12.1. The maximum absolute atomic E-state index is 10.9. The molecule has 6 nitrogen and oxygen atoms in total. The number of aromatic nitrogens is 1. The van der Waals surface area contributed by atoms with Gasteiger partial charge in [-0.05, 0) is 13.1 Å². The van der Waals surface area contributed by atoms with Gasteiger partial charge in [-0.2, -0.15) is 0 Å². The second-order valence-electron chi connectivity index (χ2n) is 3.44. The monoisotopic (exact) mass is 225 g/mol. The van der Waals surface area contributed by atoms with Crippen molar-refractivity contribution in [3.05, 3.63) is 29.6 Å². The van der Waals surface area contributed by atoms with E-state index in [0.717, 1.165) is 0 Å². The first-order valence-electron chi connectivity index (χ1n) is 4.81. The molecule has 0 fully saturated rings. The first-order valence-corrected chi connectivity index (χ1v) is 4.81. The van der Waals surface area contributed by atoms with Gasteiger partial charge in [0.2, 0.25) is 5.91 Å². The van der Waals surface area contributed by atoms with Gasteiger partial charge in [-0.15, -0.1) is 0 Å². The van der Waals surface area contributed by atoms with Gasteiger partial charge in [0, 0.05) is 24.5 Å². The van der Waals surface area contributed by atoms with Crippen LogP contribution in [-0.4, -0.2) is 40.8 Å². The molecule has 0 spiro atoms. The molecule has 0 aliphatic rings. The highest BCUT2D eigenvalue weighted by Gasteiger charge is 2.18. The lowest BCUT2D eigenvalue weighted by atomic mass is 10.0. The van der Waals surface area contributed by atoms with Crippen LogP contribution in [0.1, 0.15) is 22.0 Å². The lowest BCUT2D eigenvalue weighted by Crippen LogP contribution is -2.29. The molecule has 0 saturated carbocycles. The molecule has 0 aromatic carbocycles. The van der Waals surface area contributed by atoms with Gasteiger partial charge in [0.1, 0.15) is 6.10 Å². The Hall–Kier alpha value is -1.50. The van der Waals surface area contributed by atoms with Gasteiger partial charge in [-0.3, -0.25) is 9.78 Å². The van der Waals surface area contributed by atoms with E-state index >= 15 is 0 Å². The largest absolute Gasteiger partial charge is 0.389 e. The van der Waals surface area contributed by atoms with Crippen molar-refractivity contribution in [1.29, 1.82) is 0 Å². The zero-order valence-corrected chi connectivity index (χ0v) is 8.92. The molecule has 0 saturated heterocycles. The maximum Gasteiger partial charge on any atom is 0.250 e. The van der Waals surface area contributed by atoms with Crippen LogP contribution in [0, 0.1) is 0 Å². The zero-order valence-electron chi connectivity index (χ0n) is 8.92. The van der Waals surface area contributed by atoms with Crippen molar-refractivity contribution < 1.29 is 15.0 Å². The molecule has 0 bridgehead atoms. The second-order valence-corrected chi connectivity index (χ2v) is 3.44. The third-order valence-electron chi connectivity index (χ3n) is 2.16. The predicted octanol–water partition coefficient (Wildman–Crippen LogP) is -1.21. The number of carbonyl (C=O) groups is 1. The van der Waals surface area contributed by atoms with Gasteiger partial charge in [0.25, 0.3) is 0 Å². The highest BCUT2D eigenvalue weighted by Crippen LogP contribution is 2.16. The SMILES string of the molecule is CNCC(O)C(O)c1cncc(C(N)=O)c1. The Morgan fingerprint density at radius 2 is 2.25 bits per heavy atom. The number of nitrogens with two attached hydrogens (primary N) is 1. The van der Waals surface area contributed by atoms with Crippen molar-refractivity contribution in [3.63, 3.8) is 0 Å². The van der Waals surface area contributed by atoms with Crippen molar-refractivity contribution >= 4 is 5.91 Å². The number of primary amides is 1. The van der Waals surface area contributed by atoms with Crippen LogP contribution in [0.3, 0.4) is 0 Å². The Labute approximate surface area is 93.1 Å². The average Bonchev–Trinajstić information content (AvgIpc) is 2.28. The number of aliphatic hydroxyl groups is 2. The highest BCUT2D eigenvalue weighted by molar-refractivity contribution is 5.92. The minimum absolute atomic E-state index is 0.202. The molecule has 0 aliphatic heterocycles. The summed E-state index contributed by atoms with van der Waals surface area (Å²) in [6.45, 7) is 0.238. The summed E-state index contributed by atoms with van der Waals surface area (Å²) in [6.07, 6.45) is 0.632. The van der Waals surface area contributed by atoms with Gasteiger partial charge in [-0.25, -0.2) is 0 Å². The van der Waals surface area contributed by atoms with Crippen LogP contribution in [0.2, 0.25) is 0 Å². The van der Waals surface area contributed by atoms with E-state index in [4.69, 9.17) is 5.73 Å². The van der Waals surface area contributed by atoms with Crippen LogP contribution < -0.4 is 11.1 Å². The molecule has 16 heavy (non-hydrogen) atoms. The molecule has 0 radical (unpaired) electrons. The van der Waals surface area contributed by atoms with Crippen LogP contribution >= 0.6 is 0 Å². The van der Waals surface area contributed by atoms with E-state index in [1.165, 1.54) is 18.5 Å². The normalized spacial score (nSPS) is 14.4.